The van der Waals surface area contributed by atoms with E-state index in [0.29, 0.717) is 6.04 Å². The maximum absolute atomic E-state index is 5.97. The summed E-state index contributed by atoms with van der Waals surface area (Å²) in [4.78, 5) is 4.82. The molecular weight excluding hydrogens is 214 g/mol. The van der Waals surface area contributed by atoms with E-state index in [4.69, 9.17) is 5.73 Å². The van der Waals surface area contributed by atoms with Gasteiger partial charge >= 0.3 is 0 Å². The van der Waals surface area contributed by atoms with Gasteiger partial charge in [0.1, 0.15) is 0 Å². The van der Waals surface area contributed by atoms with Crippen molar-refractivity contribution in [2.24, 2.45) is 7.05 Å². The first-order valence-electron chi connectivity index (χ1n) is 6.43. The fraction of sp³-hybridized carbons (Fsp3) is 0.750. The van der Waals surface area contributed by atoms with Crippen LogP contribution in [-0.4, -0.2) is 46.9 Å². The predicted molar refractivity (Wildman–Crippen MR) is 71.2 cm³/mol. The van der Waals surface area contributed by atoms with Crippen LogP contribution in [0, 0.1) is 0 Å². The quantitative estimate of drug-likeness (QED) is 0.846. The second-order valence-corrected chi connectivity index (χ2v) is 4.69. The molecule has 0 amide bonds. The molecule has 1 unspecified atom stereocenters. The standard InChI is InChI=1S/C12H23N5/c1-4-16(5-2)10-6-7-17(8-10)12-11(13)9-15(3)14-12/h9-10H,4-8,13H2,1-3H3. The van der Waals surface area contributed by atoms with Crippen LogP contribution < -0.4 is 10.6 Å². The summed E-state index contributed by atoms with van der Waals surface area (Å²) in [6, 6.07) is 0.645. The Hall–Kier alpha value is -1.23. The van der Waals surface area contributed by atoms with Crippen molar-refractivity contribution in [3.8, 4) is 0 Å². The Morgan fingerprint density at radius 2 is 2.18 bits per heavy atom. The molecule has 5 heteroatoms. The molecule has 1 atom stereocenters. The molecule has 17 heavy (non-hydrogen) atoms. The van der Waals surface area contributed by atoms with E-state index in [0.717, 1.165) is 37.7 Å². The number of hydrogen-bond acceptors (Lipinski definition) is 4. The summed E-state index contributed by atoms with van der Waals surface area (Å²) in [5, 5.41) is 4.44. The van der Waals surface area contributed by atoms with E-state index in [1.807, 2.05) is 13.2 Å². The van der Waals surface area contributed by atoms with Crippen LogP contribution in [0.4, 0.5) is 11.5 Å². The highest BCUT2D eigenvalue weighted by Crippen LogP contribution is 2.26. The minimum atomic E-state index is 0.645. The summed E-state index contributed by atoms with van der Waals surface area (Å²) in [5.41, 5.74) is 6.75. The Bertz CT molecular complexity index is 369. The van der Waals surface area contributed by atoms with Crippen LogP contribution in [0.1, 0.15) is 20.3 Å². The lowest BCUT2D eigenvalue weighted by atomic mass is 10.2. The summed E-state index contributed by atoms with van der Waals surface area (Å²) in [5.74, 6) is 0.946. The van der Waals surface area contributed by atoms with Gasteiger partial charge in [0.05, 0.1) is 5.69 Å². The fourth-order valence-electron chi connectivity index (χ4n) is 2.71. The molecule has 5 nitrogen and oxygen atoms in total. The lowest BCUT2D eigenvalue weighted by Crippen LogP contribution is -2.37. The Labute approximate surface area is 103 Å². The van der Waals surface area contributed by atoms with E-state index >= 15 is 0 Å². The first-order chi connectivity index (χ1) is 8.15. The lowest BCUT2D eigenvalue weighted by Gasteiger charge is -2.26. The van der Waals surface area contributed by atoms with Gasteiger partial charge in [-0.15, -0.1) is 0 Å². The second kappa shape index (κ2) is 4.96. The highest BCUT2D eigenvalue weighted by Gasteiger charge is 2.28. The molecule has 2 rings (SSSR count). The number of nitrogens with two attached hydrogens (primary N) is 1. The van der Waals surface area contributed by atoms with Crippen molar-refractivity contribution in [3.05, 3.63) is 6.20 Å². The second-order valence-electron chi connectivity index (χ2n) is 4.69. The number of anilines is 2. The average molecular weight is 237 g/mol. The van der Waals surface area contributed by atoms with Crippen LogP contribution >= 0.6 is 0 Å². The van der Waals surface area contributed by atoms with Crippen molar-refractivity contribution in [3.63, 3.8) is 0 Å². The molecule has 2 N–H and O–H groups in total. The maximum Gasteiger partial charge on any atom is 0.173 e. The number of nitrogens with zero attached hydrogens (tertiary/aromatic N) is 4. The molecule has 0 saturated carbocycles. The van der Waals surface area contributed by atoms with Crippen LogP contribution in [0.5, 0.6) is 0 Å². The number of aryl methyl sites for hydroxylation is 1. The molecule has 1 saturated heterocycles. The Morgan fingerprint density at radius 1 is 1.47 bits per heavy atom. The number of nitrogen functional groups attached to an aromatic ring is 1. The third kappa shape index (κ3) is 2.39. The van der Waals surface area contributed by atoms with Crippen LogP contribution in [0.2, 0.25) is 0 Å². The molecule has 96 valence electrons. The zero-order chi connectivity index (χ0) is 12.4. The van der Waals surface area contributed by atoms with Crippen LogP contribution in [0.25, 0.3) is 0 Å². The molecule has 0 radical (unpaired) electrons. The number of rotatable bonds is 4. The number of likely N-dealkylation sites (N-methyl/N-ethyl adjacent to an activating group) is 1. The highest BCUT2D eigenvalue weighted by atomic mass is 15.4. The van der Waals surface area contributed by atoms with E-state index in [-0.39, 0.29) is 0 Å². The Morgan fingerprint density at radius 3 is 2.71 bits per heavy atom. The van der Waals surface area contributed by atoms with E-state index in [1.165, 1.54) is 6.42 Å². The van der Waals surface area contributed by atoms with Gasteiger partial charge in [-0.1, -0.05) is 13.8 Å². The predicted octanol–water partition coefficient (Wildman–Crippen LogP) is 0.923. The highest BCUT2D eigenvalue weighted by molar-refractivity contribution is 5.62. The first-order valence-corrected chi connectivity index (χ1v) is 6.43. The van der Waals surface area contributed by atoms with Gasteiger partial charge in [0.15, 0.2) is 5.82 Å². The molecule has 1 aromatic rings. The molecule has 1 aliphatic rings. The van der Waals surface area contributed by atoms with Crippen molar-refractivity contribution >= 4 is 11.5 Å². The van der Waals surface area contributed by atoms with Gasteiger partial charge in [-0.05, 0) is 19.5 Å². The van der Waals surface area contributed by atoms with Gasteiger partial charge in [-0.25, -0.2) is 0 Å². The number of aromatic nitrogens is 2. The lowest BCUT2D eigenvalue weighted by molar-refractivity contribution is 0.232. The summed E-state index contributed by atoms with van der Waals surface area (Å²) in [7, 11) is 1.91. The molecule has 0 aliphatic carbocycles. The third-order valence-corrected chi connectivity index (χ3v) is 3.63. The van der Waals surface area contributed by atoms with Crippen molar-refractivity contribution < 1.29 is 0 Å². The minimum absolute atomic E-state index is 0.645. The summed E-state index contributed by atoms with van der Waals surface area (Å²) in [6.45, 7) is 8.78. The van der Waals surface area contributed by atoms with Crippen LogP contribution in [0.15, 0.2) is 6.20 Å². The normalized spacial score (nSPS) is 20.5. The SMILES string of the molecule is CCN(CC)C1CCN(c2nn(C)cc2N)C1. The van der Waals surface area contributed by atoms with Crippen molar-refractivity contribution in [2.75, 3.05) is 36.8 Å². The molecule has 0 bridgehead atoms. The van der Waals surface area contributed by atoms with Gasteiger partial charge in [-0.3, -0.25) is 9.58 Å². The number of hydrogen-bond donors (Lipinski definition) is 1. The van der Waals surface area contributed by atoms with Gasteiger partial charge in [-0.2, -0.15) is 5.10 Å². The molecule has 1 fully saturated rings. The van der Waals surface area contributed by atoms with Gasteiger partial charge in [0.2, 0.25) is 0 Å². The van der Waals surface area contributed by atoms with E-state index in [9.17, 15) is 0 Å². The third-order valence-electron chi connectivity index (χ3n) is 3.63. The van der Waals surface area contributed by atoms with Crippen molar-refractivity contribution in [2.45, 2.75) is 26.3 Å². The van der Waals surface area contributed by atoms with Gasteiger partial charge in [0.25, 0.3) is 0 Å². The van der Waals surface area contributed by atoms with Crippen LogP contribution in [-0.2, 0) is 7.05 Å². The fourth-order valence-corrected chi connectivity index (χ4v) is 2.71. The zero-order valence-corrected chi connectivity index (χ0v) is 11.1. The van der Waals surface area contributed by atoms with Gasteiger partial charge in [0, 0.05) is 32.4 Å². The Kier molecular flexibility index (Phi) is 3.57. The first kappa shape index (κ1) is 12.2. The largest absolute Gasteiger partial charge is 0.394 e. The monoisotopic (exact) mass is 237 g/mol. The molecule has 1 aromatic heterocycles. The van der Waals surface area contributed by atoms with Crippen molar-refractivity contribution in [1.82, 2.24) is 14.7 Å². The van der Waals surface area contributed by atoms with Gasteiger partial charge < -0.3 is 10.6 Å². The molecule has 1 aliphatic heterocycles. The molecular formula is C12H23N5. The van der Waals surface area contributed by atoms with Crippen molar-refractivity contribution in [1.29, 1.82) is 0 Å². The summed E-state index contributed by atoms with van der Waals surface area (Å²) < 4.78 is 1.79. The molecule has 0 spiro atoms. The van der Waals surface area contributed by atoms with E-state index in [2.05, 4.69) is 28.7 Å². The Balaban J connectivity index is 2.05. The van der Waals surface area contributed by atoms with E-state index < -0.39 is 0 Å². The smallest absolute Gasteiger partial charge is 0.173 e. The van der Waals surface area contributed by atoms with Crippen LogP contribution in [0.3, 0.4) is 0 Å². The topological polar surface area (TPSA) is 50.3 Å². The average Bonchev–Trinajstić information content (AvgIpc) is 2.87. The zero-order valence-electron chi connectivity index (χ0n) is 11.1. The van der Waals surface area contributed by atoms with E-state index in [1.54, 1.807) is 4.68 Å². The minimum Gasteiger partial charge on any atom is -0.394 e. The summed E-state index contributed by atoms with van der Waals surface area (Å²) >= 11 is 0. The summed E-state index contributed by atoms with van der Waals surface area (Å²) in [6.07, 6.45) is 3.08. The maximum atomic E-state index is 5.97. The molecule has 2 heterocycles. The molecule has 0 aromatic carbocycles.